The Morgan fingerprint density at radius 3 is 1.18 bits per heavy atom. The predicted molar refractivity (Wildman–Crippen MR) is 271 cm³/mol. The first kappa shape index (κ1) is 40.2. The van der Waals surface area contributed by atoms with Crippen molar-refractivity contribution in [3.05, 3.63) is 188 Å². The molecule has 6 heterocycles. The normalized spacial score (nSPS) is 12.3. The molecule has 6 aromatic carbocycles. The van der Waals surface area contributed by atoms with E-state index in [4.69, 9.17) is 29.4 Å². The van der Waals surface area contributed by atoms with Crippen LogP contribution in [0.15, 0.2) is 176 Å². The number of benzene rings is 6. The maximum atomic E-state index is 7.09. The van der Waals surface area contributed by atoms with Crippen molar-refractivity contribution in [2.24, 2.45) is 0 Å². The quantitative estimate of drug-likeness (QED) is 0.159. The number of hydrogen-bond donors (Lipinski definition) is 0. The smallest absolute Gasteiger partial charge is 0.234 e. The minimum Gasteiger partial charge on any atom is -0.457 e. The van der Waals surface area contributed by atoms with E-state index in [0.717, 1.165) is 111 Å². The summed E-state index contributed by atoms with van der Waals surface area (Å²) in [7, 11) is 0. The van der Waals surface area contributed by atoms with Crippen molar-refractivity contribution >= 4 is 65.4 Å². The van der Waals surface area contributed by atoms with E-state index in [-0.39, 0.29) is 10.8 Å². The SMILES string of the molecule is CC(C)(C)c1cc2c3cc(C(C)(C)C)c(Oc4ccc5c6ccccc6n(-c6ccccn6)c5c4)cc3n(-c3ncccn3)c2cc1Oc1ccc2c3ccccc3n(-c3ccccn3)c2c1. The van der Waals surface area contributed by atoms with E-state index in [0.29, 0.717) is 5.95 Å². The van der Waals surface area contributed by atoms with Crippen LogP contribution in [0.3, 0.4) is 0 Å². The molecule has 6 aromatic heterocycles. The molecule has 0 bridgehead atoms. The first-order chi connectivity index (χ1) is 32.5. The van der Waals surface area contributed by atoms with Crippen LogP contribution in [0.1, 0.15) is 52.7 Å². The van der Waals surface area contributed by atoms with Gasteiger partial charge in [0.1, 0.15) is 34.6 Å². The molecule has 9 heteroatoms. The van der Waals surface area contributed by atoms with E-state index in [1.54, 1.807) is 12.4 Å². The summed E-state index contributed by atoms with van der Waals surface area (Å²) in [6.45, 7) is 13.4. The van der Waals surface area contributed by atoms with Crippen molar-refractivity contribution in [3.8, 4) is 40.6 Å². The van der Waals surface area contributed by atoms with Crippen LogP contribution in [0.4, 0.5) is 0 Å². The fourth-order valence-corrected chi connectivity index (χ4v) is 9.78. The standard InChI is InChI=1S/C58H47N7O2/c1-57(2,3)44-32-42-43-33-45(58(4,5)6)53(67-37-23-25-41-39-17-8-10-19-47(39)64(49(41)31-37)55-21-12-14-27-60-55)35-51(43)65(56-61-28-15-29-62-56)50(42)34-52(44)66-36-22-24-40-38-16-7-9-18-46(38)63(48(40)30-36)54-20-11-13-26-59-54/h7-35H,1-6H3. The molecule has 0 aliphatic heterocycles. The molecule has 0 fully saturated rings. The first-order valence-electron chi connectivity index (χ1n) is 22.7. The first-order valence-corrected chi connectivity index (χ1v) is 22.7. The van der Waals surface area contributed by atoms with Crippen LogP contribution in [0.25, 0.3) is 83.0 Å². The maximum Gasteiger partial charge on any atom is 0.234 e. The van der Waals surface area contributed by atoms with Gasteiger partial charge in [-0.2, -0.15) is 0 Å². The van der Waals surface area contributed by atoms with Crippen LogP contribution in [0.2, 0.25) is 0 Å². The molecule has 0 atom stereocenters. The predicted octanol–water partition coefficient (Wildman–Crippen LogP) is 14.7. The minimum atomic E-state index is -0.277. The third-order valence-electron chi connectivity index (χ3n) is 12.8. The summed E-state index contributed by atoms with van der Waals surface area (Å²) in [4.78, 5) is 19.2. The minimum absolute atomic E-state index is 0.277. The molecule has 12 aromatic rings. The third-order valence-corrected chi connectivity index (χ3v) is 12.8. The van der Waals surface area contributed by atoms with Gasteiger partial charge in [0, 0.05) is 92.5 Å². The van der Waals surface area contributed by atoms with Crippen molar-refractivity contribution in [3.63, 3.8) is 0 Å². The molecule has 326 valence electrons. The highest BCUT2D eigenvalue weighted by atomic mass is 16.5. The van der Waals surface area contributed by atoms with Crippen molar-refractivity contribution in [2.75, 3.05) is 0 Å². The Balaban J connectivity index is 1.05. The van der Waals surface area contributed by atoms with E-state index in [1.807, 2.05) is 54.9 Å². The number of fused-ring (bicyclic) bond motifs is 9. The van der Waals surface area contributed by atoms with E-state index in [9.17, 15) is 0 Å². The van der Waals surface area contributed by atoms with Gasteiger partial charge in [-0.1, -0.05) is 90.1 Å². The van der Waals surface area contributed by atoms with Crippen molar-refractivity contribution < 1.29 is 9.47 Å². The molecule has 0 radical (unpaired) electrons. The number of hydrogen-bond acceptors (Lipinski definition) is 6. The maximum absolute atomic E-state index is 7.09. The average Bonchev–Trinajstić information content (AvgIpc) is 3.95. The monoisotopic (exact) mass is 873 g/mol. The van der Waals surface area contributed by atoms with E-state index in [1.165, 1.54) is 0 Å². The summed E-state index contributed by atoms with van der Waals surface area (Å²) in [6, 6.07) is 52.4. The lowest BCUT2D eigenvalue weighted by atomic mass is 9.84. The summed E-state index contributed by atoms with van der Waals surface area (Å²) in [5.41, 5.74) is 7.65. The van der Waals surface area contributed by atoms with Gasteiger partial charge < -0.3 is 9.47 Å². The van der Waals surface area contributed by atoms with Gasteiger partial charge in [0.2, 0.25) is 5.95 Å². The van der Waals surface area contributed by atoms with Crippen LogP contribution < -0.4 is 9.47 Å². The van der Waals surface area contributed by atoms with Crippen molar-refractivity contribution in [1.82, 2.24) is 33.6 Å². The van der Waals surface area contributed by atoms with Crippen LogP contribution in [-0.2, 0) is 10.8 Å². The molecule has 0 saturated heterocycles. The van der Waals surface area contributed by atoms with E-state index in [2.05, 4.69) is 164 Å². The molecule has 0 aliphatic carbocycles. The lowest BCUT2D eigenvalue weighted by molar-refractivity contribution is 0.456. The summed E-state index contributed by atoms with van der Waals surface area (Å²) in [6.07, 6.45) is 7.24. The van der Waals surface area contributed by atoms with E-state index >= 15 is 0 Å². The Bertz CT molecular complexity index is 3640. The Morgan fingerprint density at radius 2 is 0.746 bits per heavy atom. The Hall–Kier alpha value is -8.30. The van der Waals surface area contributed by atoms with Gasteiger partial charge in [-0.15, -0.1) is 0 Å². The number of rotatable bonds is 7. The molecule has 0 aliphatic rings. The van der Waals surface area contributed by atoms with Gasteiger partial charge in [0.25, 0.3) is 0 Å². The van der Waals surface area contributed by atoms with E-state index < -0.39 is 0 Å². The molecule has 0 N–H and O–H groups in total. The molecule has 9 nitrogen and oxygen atoms in total. The second kappa shape index (κ2) is 15.1. The van der Waals surface area contributed by atoms with Gasteiger partial charge in [-0.25, -0.2) is 19.9 Å². The Kier molecular flexibility index (Phi) is 9.09. The van der Waals surface area contributed by atoms with Crippen LogP contribution >= 0.6 is 0 Å². The molecular formula is C58H47N7O2. The highest BCUT2D eigenvalue weighted by molar-refractivity contribution is 6.12. The molecule has 0 saturated carbocycles. The van der Waals surface area contributed by atoms with Crippen LogP contribution in [-0.4, -0.2) is 33.6 Å². The number of nitrogens with zero attached hydrogens (tertiary/aromatic N) is 7. The lowest BCUT2D eigenvalue weighted by Gasteiger charge is -2.24. The number of pyridine rings is 2. The molecular weight excluding hydrogens is 827 g/mol. The number of aromatic nitrogens is 7. The molecule has 0 amide bonds. The number of para-hydroxylation sites is 2. The van der Waals surface area contributed by atoms with Crippen LogP contribution in [0.5, 0.6) is 23.0 Å². The fraction of sp³-hybridized carbons (Fsp3) is 0.138. The molecule has 0 spiro atoms. The summed E-state index contributed by atoms with van der Waals surface area (Å²) < 4.78 is 20.7. The zero-order chi connectivity index (χ0) is 45.6. The second-order valence-corrected chi connectivity index (χ2v) is 19.3. The van der Waals surface area contributed by atoms with Gasteiger partial charge in [-0.3, -0.25) is 13.7 Å². The Morgan fingerprint density at radius 1 is 0.343 bits per heavy atom. The zero-order valence-corrected chi connectivity index (χ0v) is 38.2. The molecule has 12 rings (SSSR count). The summed E-state index contributed by atoms with van der Waals surface area (Å²) in [5, 5.41) is 6.72. The number of ether oxygens (including phenoxy) is 2. The molecule has 0 unspecified atom stereocenters. The fourth-order valence-electron chi connectivity index (χ4n) is 9.78. The molecule has 67 heavy (non-hydrogen) atoms. The van der Waals surface area contributed by atoms with Crippen molar-refractivity contribution in [2.45, 2.75) is 52.4 Å². The largest absolute Gasteiger partial charge is 0.457 e. The Labute approximate surface area is 387 Å². The van der Waals surface area contributed by atoms with Gasteiger partial charge in [0.05, 0.1) is 33.1 Å². The lowest BCUT2D eigenvalue weighted by Crippen LogP contribution is -2.13. The summed E-state index contributed by atoms with van der Waals surface area (Å²) >= 11 is 0. The summed E-state index contributed by atoms with van der Waals surface area (Å²) in [5.74, 6) is 5.20. The highest BCUT2D eigenvalue weighted by Gasteiger charge is 2.28. The average molecular weight is 874 g/mol. The van der Waals surface area contributed by atoms with Gasteiger partial charge in [-0.05, 0) is 89.7 Å². The van der Waals surface area contributed by atoms with Crippen LogP contribution in [0, 0.1) is 0 Å². The second-order valence-electron chi connectivity index (χ2n) is 19.3. The van der Waals surface area contributed by atoms with Crippen molar-refractivity contribution in [1.29, 1.82) is 0 Å². The zero-order valence-electron chi connectivity index (χ0n) is 38.2. The van der Waals surface area contributed by atoms with Gasteiger partial charge in [0.15, 0.2) is 0 Å². The van der Waals surface area contributed by atoms with Gasteiger partial charge >= 0.3 is 0 Å². The highest BCUT2D eigenvalue weighted by Crippen LogP contribution is 2.46. The third kappa shape index (κ3) is 6.68. The topological polar surface area (TPSA) is 84.8 Å².